The summed E-state index contributed by atoms with van der Waals surface area (Å²) in [6.45, 7) is 5.01. The van der Waals surface area contributed by atoms with Crippen LogP contribution in [0, 0.1) is 0 Å². The SMILES string of the molecule is COCC1(C)CN(CC(=O)Nc2nc3c(s2)CCCC3)CCO1. The highest BCUT2D eigenvalue weighted by Crippen LogP contribution is 2.29. The molecule has 128 valence electrons. The van der Waals surface area contributed by atoms with Crippen molar-refractivity contribution in [1.29, 1.82) is 0 Å². The van der Waals surface area contributed by atoms with Crippen molar-refractivity contribution in [3.8, 4) is 0 Å². The number of nitrogens with one attached hydrogen (secondary N) is 1. The highest BCUT2D eigenvalue weighted by atomic mass is 32.1. The number of fused-ring (bicyclic) bond motifs is 1. The van der Waals surface area contributed by atoms with Crippen LogP contribution in [0.15, 0.2) is 0 Å². The number of methoxy groups -OCH3 is 1. The summed E-state index contributed by atoms with van der Waals surface area (Å²) in [6, 6.07) is 0. The van der Waals surface area contributed by atoms with E-state index in [0.717, 1.165) is 24.5 Å². The van der Waals surface area contributed by atoms with Crippen molar-refractivity contribution in [2.24, 2.45) is 0 Å². The van der Waals surface area contributed by atoms with Gasteiger partial charge in [-0.25, -0.2) is 4.98 Å². The maximum absolute atomic E-state index is 12.3. The molecule has 0 bridgehead atoms. The van der Waals surface area contributed by atoms with Gasteiger partial charge in [-0.2, -0.15) is 0 Å². The maximum atomic E-state index is 12.3. The molecule has 0 radical (unpaired) electrons. The maximum Gasteiger partial charge on any atom is 0.240 e. The molecule has 1 atom stereocenters. The lowest BCUT2D eigenvalue weighted by Gasteiger charge is -2.39. The van der Waals surface area contributed by atoms with Crippen LogP contribution in [0.1, 0.15) is 30.3 Å². The molecule has 1 aromatic heterocycles. The second-order valence-corrected chi connectivity index (χ2v) is 7.67. The molecule has 0 spiro atoms. The van der Waals surface area contributed by atoms with Crippen molar-refractivity contribution in [3.05, 3.63) is 10.6 Å². The van der Waals surface area contributed by atoms with Gasteiger partial charge in [-0.1, -0.05) is 0 Å². The normalized spacial score (nSPS) is 25.1. The van der Waals surface area contributed by atoms with Gasteiger partial charge in [0.05, 0.1) is 25.5 Å². The van der Waals surface area contributed by atoms with Gasteiger partial charge in [0.25, 0.3) is 0 Å². The van der Waals surface area contributed by atoms with Gasteiger partial charge in [-0.3, -0.25) is 9.69 Å². The minimum Gasteiger partial charge on any atom is -0.382 e. The Morgan fingerprint density at radius 2 is 2.30 bits per heavy atom. The molecular weight excluding hydrogens is 314 g/mol. The molecule has 2 aliphatic rings. The van der Waals surface area contributed by atoms with E-state index in [9.17, 15) is 4.79 Å². The van der Waals surface area contributed by atoms with Gasteiger partial charge in [-0.15, -0.1) is 11.3 Å². The van der Waals surface area contributed by atoms with Crippen molar-refractivity contribution in [1.82, 2.24) is 9.88 Å². The standard InChI is InChI=1S/C16H25N3O3S/c1-16(11-21-2)10-19(7-8-22-16)9-14(20)18-15-17-12-5-3-4-6-13(12)23-15/h3-11H2,1-2H3,(H,17,18,20). The summed E-state index contributed by atoms with van der Waals surface area (Å²) < 4.78 is 11.0. The summed E-state index contributed by atoms with van der Waals surface area (Å²) in [7, 11) is 1.67. The molecule has 6 nitrogen and oxygen atoms in total. The first-order chi connectivity index (χ1) is 11.1. The number of ether oxygens (including phenoxy) is 2. The van der Waals surface area contributed by atoms with Gasteiger partial charge in [0.15, 0.2) is 5.13 Å². The number of aromatic nitrogens is 1. The van der Waals surface area contributed by atoms with Gasteiger partial charge in [0, 0.05) is 25.1 Å². The summed E-state index contributed by atoms with van der Waals surface area (Å²) in [6.07, 6.45) is 4.58. The Bertz CT molecular complexity index is 535. The van der Waals surface area contributed by atoms with E-state index in [1.165, 1.54) is 23.4 Å². The zero-order chi connectivity index (χ0) is 16.3. The summed E-state index contributed by atoms with van der Waals surface area (Å²) in [5.41, 5.74) is 0.837. The fourth-order valence-corrected chi connectivity index (χ4v) is 4.38. The Morgan fingerprint density at radius 3 is 3.09 bits per heavy atom. The van der Waals surface area contributed by atoms with E-state index in [1.807, 2.05) is 6.92 Å². The minimum absolute atomic E-state index is 0.00207. The molecule has 1 aromatic rings. The van der Waals surface area contributed by atoms with E-state index in [1.54, 1.807) is 18.4 Å². The molecule has 1 aliphatic carbocycles. The number of anilines is 1. The van der Waals surface area contributed by atoms with E-state index in [2.05, 4.69) is 15.2 Å². The molecule has 1 N–H and O–H groups in total. The molecule has 0 aromatic carbocycles. The molecule has 3 rings (SSSR count). The van der Waals surface area contributed by atoms with E-state index >= 15 is 0 Å². The van der Waals surface area contributed by atoms with E-state index < -0.39 is 0 Å². The fourth-order valence-electron chi connectivity index (χ4n) is 3.31. The van der Waals surface area contributed by atoms with E-state index in [-0.39, 0.29) is 11.5 Å². The van der Waals surface area contributed by atoms with E-state index in [0.29, 0.717) is 26.3 Å². The first-order valence-corrected chi connectivity index (χ1v) is 9.03. The molecule has 23 heavy (non-hydrogen) atoms. The van der Waals surface area contributed by atoms with Gasteiger partial charge < -0.3 is 14.8 Å². The Balaban J connectivity index is 1.53. The number of morpholine rings is 1. The lowest BCUT2D eigenvalue weighted by Crippen LogP contribution is -2.54. The van der Waals surface area contributed by atoms with Crippen molar-refractivity contribution < 1.29 is 14.3 Å². The number of carbonyl (C=O) groups excluding carboxylic acids is 1. The summed E-state index contributed by atoms with van der Waals surface area (Å²) in [4.78, 5) is 20.3. The van der Waals surface area contributed by atoms with Crippen molar-refractivity contribution in [3.63, 3.8) is 0 Å². The first-order valence-electron chi connectivity index (χ1n) is 8.22. The summed E-state index contributed by atoms with van der Waals surface area (Å²) in [5.74, 6) is -0.00207. The van der Waals surface area contributed by atoms with Crippen molar-refractivity contribution in [2.75, 3.05) is 45.3 Å². The lowest BCUT2D eigenvalue weighted by molar-refractivity contribution is -0.135. The quantitative estimate of drug-likeness (QED) is 0.885. The minimum atomic E-state index is -0.340. The van der Waals surface area contributed by atoms with Crippen LogP contribution in [0.4, 0.5) is 5.13 Å². The average molecular weight is 339 g/mol. The van der Waals surface area contributed by atoms with Crippen LogP contribution in [0.5, 0.6) is 0 Å². The van der Waals surface area contributed by atoms with Crippen LogP contribution < -0.4 is 5.32 Å². The first kappa shape index (κ1) is 16.8. The van der Waals surface area contributed by atoms with Crippen LogP contribution in [0.3, 0.4) is 0 Å². The van der Waals surface area contributed by atoms with Crippen molar-refractivity contribution >= 4 is 22.4 Å². The van der Waals surface area contributed by atoms with Crippen LogP contribution >= 0.6 is 11.3 Å². The van der Waals surface area contributed by atoms with Gasteiger partial charge in [-0.05, 0) is 32.6 Å². The highest BCUT2D eigenvalue weighted by molar-refractivity contribution is 7.15. The molecule has 2 heterocycles. The number of amides is 1. The highest BCUT2D eigenvalue weighted by Gasteiger charge is 2.32. The van der Waals surface area contributed by atoms with Crippen LogP contribution in [-0.4, -0.2) is 61.3 Å². The second kappa shape index (κ2) is 7.25. The second-order valence-electron chi connectivity index (χ2n) is 6.59. The van der Waals surface area contributed by atoms with Gasteiger partial charge in [0.2, 0.25) is 5.91 Å². The zero-order valence-electron chi connectivity index (χ0n) is 13.9. The molecule has 1 unspecified atom stereocenters. The van der Waals surface area contributed by atoms with Crippen LogP contribution in [-0.2, 0) is 27.1 Å². The third kappa shape index (κ3) is 4.29. The number of hydrogen-bond acceptors (Lipinski definition) is 6. The van der Waals surface area contributed by atoms with Crippen molar-refractivity contribution in [2.45, 2.75) is 38.2 Å². The Kier molecular flexibility index (Phi) is 5.31. The summed E-state index contributed by atoms with van der Waals surface area (Å²) in [5, 5.41) is 3.71. The van der Waals surface area contributed by atoms with Gasteiger partial charge >= 0.3 is 0 Å². The van der Waals surface area contributed by atoms with Crippen LogP contribution in [0.2, 0.25) is 0 Å². The van der Waals surface area contributed by atoms with Gasteiger partial charge in [0.1, 0.15) is 5.60 Å². The molecular formula is C16H25N3O3S. The molecule has 1 aliphatic heterocycles. The van der Waals surface area contributed by atoms with E-state index in [4.69, 9.17) is 9.47 Å². The predicted octanol–water partition coefficient (Wildman–Crippen LogP) is 1.70. The van der Waals surface area contributed by atoms with Crippen LogP contribution in [0.25, 0.3) is 0 Å². The molecule has 0 saturated carbocycles. The molecule has 7 heteroatoms. The number of thiazole rings is 1. The molecule has 1 fully saturated rings. The molecule has 1 amide bonds. The Hall–Kier alpha value is -1.02. The molecule has 1 saturated heterocycles. The average Bonchev–Trinajstić information content (AvgIpc) is 2.89. The number of carbonyl (C=O) groups is 1. The largest absolute Gasteiger partial charge is 0.382 e. The lowest BCUT2D eigenvalue weighted by atomic mass is 10.0. The topological polar surface area (TPSA) is 63.7 Å². The third-order valence-electron chi connectivity index (χ3n) is 4.33. The zero-order valence-corrected chi connectivity index (χ0v) is 14.7. The number of hydrogen-bond donors (Lipinski definition) is 1. The summed E-state index contributed by atoms with van der Waals surface area (Å²) >= 11 is 1.63. The Labute approximate surface area is 141 Å². The third-order valence-corrected chi connectivity index (χ3v) is 5.40. The predicted molar refractivity (Wildman–Crippen MR) is 90.1 cm³/mol. The number of aryl methyl sites for hydroxylation is 2. The fraction of sp³-hybridized carbons (Fsp3) is 0.750. The number of nitrogens with zero attached hydrogens (tertiary/aromatic N) is 2. The smallest absolute Gasteiger partial charge is 0.240 e. The number of rotatable bonds is 5. The Morgan fingerprint density at radius 1 is 1.48 bits per heavy atom. The monoisotopic (exact) mass is 339 g/mol.